The van der Waals surface area contributed by atoms with Gasteiger partial charge in [-0.15, -0.1) is 0 Å². The van der Waals surface area contributed by atoms with E-state index in [0.29, 0.717) is 16.9 Å². The third kappa shape index (κ3) is 5.62. The summed E-state index contributed by atoms with van der Waals surface area (Å²) in [4.78, 5) is 35.3. The van der Waals surface area contributed by atoms with Crippen LogP contribution >= 0.6 is 0 Å². The van der Waals surface area contributed by atoms with E-state index >= 15 is 0 Å². The predicted molar refractivity (Wildman–Crippen MR) is 109 cm³/mol. The highest BCUT2D eigenvalue weighted by molar-refractivity contribution is 5.98. The largest absolute Gasteiger partial charge is 0.482 e. The number of carbonyl (C=O) groups is 3. The first kappa shape index (κ1) is 20.0. The summed E-state index contributed by atoms with van der Waals surface area (Å²) in [6.07, 6.45) is 0. The van der Waals surface area contributed by atoms with Gasteiger partial charge in [-0.1, -0.05) is 54.6 Å². The van der Waals surface area contributed by atoms with Crippen LogP contribution in [0.15, 0.2) is 78.9 Å². The average Bonchev–Trinajstić information content (AvgIpc) is 2.77. The SMILES string of the molecule is CC(=O)c1ccc(OCC(=O)OCC(=O)c2ccc(-c3ccccc3)cc2)cc1. The summed E-state index contributed by atoms with van der Waals surface area (Å²) in [5.74, 6) is -0.542. The molecule has 0 aromatic heterocycles. The molecule has 0 bridgehead atoms. The first-order chi connectivity index (χ1) is 14.0. The van der Waals surface area contributed by atoms with Crippen molar-refractivity contribution < 1.29 is 23.9 Å². The van der Waals surface area contributed by atoms with Crippen LogP contribution in [0.4, 0.5) is 0 Å². The van der Waals surface area contributed by atoms with Crippen LogP contribution in [0.1, 0.15) is 27.6 Å². The van der Waals surface area contributed by atoms with Crippen LogP contribution in [0.5, 0.6) is 5.75 Å². The number of Topliss-reactive ketones (excluding diaryl/α,β-unsaturated/α-hetero) is 2. The quantitative estimate of drug-likeness (QED) is 0.424. The summed E-state index contributed by atoms with van der Waals surface area (Å²) in [7, 11) is 0. The molecule has 0 fully saturated rings. The van der Waals surface area contributed by atoms with Gasteiger partial charge in [0.2, 0.25) is 0 Å². The van der Waals surface area contributed by atoms with E-state index in [1.807, 2.05) is 42.5 Å². The smallest absolute Gasteiger partial charge is 0.344 e. The number of hydrogen-bond acceptors (Lipinski definition) is 5. The number of hydrogen-bond donors (Lipinski definition) is 0. The summed E-state index contributed by atoms with van der Waals surface area (Å²) < 4.78 is 10.3. The highest BCUT2D eigenvalue weighted by Gasteiger charge is 2.11. The van der Waals surface area contributed by atoms with Crippen LogP contribution in [-0.2, 0) is 9.53 Å². The van der Waals surface area contributed by atoms with Crippen LogP contribution in [0.25, 0.3) is 11.1 Å². The molecule has 5 nitrogen and oxygen atoms in total. The monoisotopic (exact) mass is 388 g/mol. The number of benzene rings is 3. The highest BCUT2D eigenvalue weighted by Crippen LogP contribution is 2.19. The fourth-order valence-electron chi connectivity index (χ4n) is 2.68. The van der Waals surface area contributed by atoms with E-state index in [1.54, 1.807) is 36.4 Å². The number of ether oxygens (including phenoxy) is 2. The molecule has 29 heavy (non-hydrogen) atoms. The molecule has 3 aromatic rings. The maximum absolute atomic E-state index is 12.2. The molecule has 0 N–H and O–H groups in total. The van der Waals surface area contributed by atoms with Crippen LogP contribution in [0.2, 0.25) is 0 Å². The van der Waals surface area contributed by atoms with Gasteiger partial charge in [-0.05, 0) is 42.3 Å². The minimum absolute atomic E-state index is 0.0497. The predicted octanol–water partition coefficient (Wildman–Crippen LogP) is 4.36. The number of rotatable bonds is 8. The minimum atomic E-state index is -0.644. The van der Waals surface area contributed by atoms with Crippen molar-refractivity contribution in [1.29, 1.82) is 0 Å². The van der Waals surface area contributed by atoms with Gasteiger partial charge in [0.15, 0.2) is 24.8 Å². The second kappa shape index (κ2) is 9.46. The molecule has 146 valence electrons. The van der Waals surface area contributed by atoms with E-state index in [4.69, 9.17) is 9.47 Å². The fourth-order valence-corrected chi connectivity index (χ4v) is 2.68. The summed E-state index contributed by atoms with van der Waals surface area (Å²) >= 11 is 0. The third-order valence-electron chi connectivity index (χ3n) is 4.30. The summed E-state index contributed by atoms with van der Waals surface area (Å²) in [6.45, 7) is 0.801. The molecular weight excluding hydrogens is 368 g/mol. The molecule has 0 heterocycles. The summed E-state index contributed by atoms with van der Waals surface area (Å²) in [6, 6.07) is 23.4. The van der Waals surface area contributed by atoms with Crippen molar-refractivity contribution in [2.24, 2.45) is 0 Å². The van der Waals surface area contributed by atoms with E-state index < -0.39 is 5.97 Å². The van der Waals surface area contributed by atoms with Gasteiger partial charge in [-0.2, -0.15) is 0 Å². The van der Waals surface area contributed by atoms with Gasteiger partial charge >= 0.3 is 5.97 Å². The molecule has 0 aliphatic heterocycles. The lowest BCUT2D eigenvalue weighted by atomic mass is 10.0. The molecule has 0 aliphatic carbocycles. The van der Waals surface area contributed by atoms with Crippen molar-refractivity contribution in [2.45, 2.75) is 6.92 Å². The molecule has 0 unspecified atom stereocenters. The molecule has 5 heteroatoms. The lowest BCUT2D eigenvalue weighted by Gasteiger charge is -2.08. The van der Waals surface area contributed by atoms with Crippen molar-refractivity contribution in [3.8, 4) is 16.9 Å². The number of carbonyl (C=O) groups excluding carboxylic acids is 3. The zero-order valence-corrected chi connectivity index (χ0v) is 16.0. The van der Waals surface area contributed by atoms with Gasteiger partial charge in [0.05, 0.1) is 0 Å². The molecule has 0 amide bonds. The standard InChI is InChI=1S/C24H20O5/c1-17(25)18-11-13-22(14-12-18)28-16-24(27)29-15-23(26)21-9-7-20(8-10-21)19-5-3-2-4-6-19/h2-14H,15-16H2,1H3. The second-order valence-electron chi connectivity index (χ2n) is 6.40. The first-order valence-corrected chi connectivity index (χ1v) is 9.11. The van der Waals surface area contributed by atoms with Crippen molar-refractivity contribution in [1.82, 2.24) is 0 Å². The molecule has 0 spiro atoms. The Kier molecular flexibility index (Phi) is 6.53. The lowest BCUT2D eigenvalue weighted by molar-refractivity contribution is -0.144. The molecule has 0 saturated heterocycles. The zero-order valence-electron chi connectivity index (χ0n) is 16.0. The van der Waals surface area contributed by atoms with Crippen molar-refractivity contribution in [3.63, 3.8) is 0 Å². The lowest BCUT2D eigenvalue weighted by Crippen LogP contribution is -2.19. The maximum atomic E-state index is 12.2. The Morgan fingerprint density at radius 3 is 1.90 bits per heavy atom. The normalized spacial score (nSPS) is 10.2. The van der Waals surface area contributed by atoms with Crippen molar-refractivity contribution in [2.75, 3.05) is 13.2 Å². The Hall–Kier alpha value is -3.73. The molecule has 3 rings (SSSR count). The van der Waals surface area contributed by atoms with Gasteiger partial charge in [-0.3, -0.25) is 9.59 Å². The van der Waals surface area contributed by atoms with Gasteiger partial charge in [-0.25, -0.2) is 4.79 Å². The summed E-state index contributed by atoms with van der Waals surface area (Å²) in [5.41, 5.74) is 3.09. The molecule has 0 aliphatic rings. The van der Waals surface area contributed by atoms with Gasteiger partial charge in [0.25, 0.3) is 0 Å². The second-order valence-corrected chi connectivity index (χ2v) is 6.40. The topological polar surface area (TPSA) is 69.7 Å². The Balaban J connectivity index is 1.47. The first-order valence-electron chi connectivity index (χ1n) is 9.11. The number of esters is 1. The molecule has 0 atom stereocenters. The van der Waals surface area contributed by atoms with Crippen molar-refractivity contribution in [3.05, 3.63) is 90.0 Å². The minimum Gasteiger partial charge on any atom is -0.482 e. The molecule has 0 saturated carbocycles. The van der Waals surface area contributed by atoms with Crippen LogP contribution in [-0.4, -0.2) is 30.7 Å². The Labute approximate surface area is 168 Å². The molecule has 3 aromatic carbocycles. The average molecular weight is 388 g/mol. The number of ketones is 2. The van der Waals surface area contributed by atoms with E-state index in [-0.39, 0.29) is 24.8 Å². The summed E-state index contributed by atoms with van der Waals surface area (Å²) in [5, 5.41) is 0. The van der Waals surface area contributed by atoms with E-state index in [0.717, 1.165) is 11.1 Å². The van der Waals surface area contributed by atoms with Crippen LogP contribution in [0.3, 0.4) is 0 Å². The Morgan fingerprint density at radius 2 is 1.28 bits per heavy atom. The third-order valence-corrected chi connectivity index (χ3v) is 4.30. The van der Waals surface area contributed by atoms with E-state index in [2.05, 4.69) is 0 Å². The Bertz CT molecular complexity index is 990. The van der Waals surface area contributed by atoms with Gasteiger partial charge in [0.1, 0.15) is 5.75 Å². The van der Waals surface area contributed by atoms with E-state index in [1.165, 1.54) is 6.92 Å². The molecular formula is C24H20O5. The molecule has 0 radical (unpaired) electrons. The van der Waals surface area contributed by atoms with Gasteiger partial charge in [0, 0.05) is 11.1 Å². The Morgan fingerprint density at radius 1 is 0.690 bits per heavy atom. The van der Waals surface area contributed by atoms with Gasteiger partial charge < -0.3 is 9.47 Å². The maximum Gasteiger partial charge on any atom is 0.344 e. The highest BCUT2D eigenvalue weighted by atomic mass is 16.6. The van der Waals surface area contributed by atoms with Crippen molar-refractivity contribution >= 4 is 17.5 Å². The van der Waals surface area contributed by atoms with Crippen LogP contribution < -0.4 is 4.74 Å². The van der Waals surface area contributed by atoms with Crippen LogP contribution in [0, 0.1) is 0 Å². The zero-order chi connectivity index (χ0) is 20.6. The fraction of sp³-hybridized carbons (Fsp3) is 0.125. The van der Waals surface area contributed by atoms with E-state index in [9.17, 15) is 14.4 Å².